The normalized spacial score (nSPS) is 15.4. The van der Waals surface area contributed by atoms with Crippen molar-refractivity contribution in [1.82, 2.24) is 0 Å². The highest BCUT2D eigenvalue weighted by Crippen LogP contribution is 2.24. The third-order valence-electron chi connectivity index (χ3n) is 2.27. The van der Waals surface area contributed by atoms with Gasteiger partial charge in [0.05, 0.1) is 6.54 Å². The molecule has 4 heteroatoms. The zero-order chi connectivity index (χ0) is 10.3. The minimum absolute atomic E-state index is 0.585. The van der Waals surface area contributed by atoms with E-state index < -0.39 is 0 Å². The second kappa shape index (κ2) is 3.28. The van der Waals surface area contributed by atoms with E-state index in [0.29, 0.717) is 29.8 Å². The highest BCUT2D eigenvalue weighted by molar-refractivity contribution is 6.31. The van der Waals surface area contributed by atoms with E-state index in [2.05, 4.69) is 4.99 Å². The average Bonchev–Trinajstić information content (AvgIpc) is 2.84. The van der Waals surface area contributed by atoms with Gasteiger partial charge in [-0.1, -0.05) is 11.6 Å². The quantitative estimate of drug-likeness (QED) is 0.742. The second-order valence-corrected chi connectivity index (χ2v) is 3.76. The first-order chi connectivity index (χ1) is 7.33. The van der Waals surface area contributed by atoms with Gasteiger partial charge in [0, 0.05) is 10.4 Å². The Bertz CT molecular complexity index is 545. The van der Waals surface area contributed by atoms with Gasteiger partial charge in [-0.15, -0.1) is 0 Å². The fourth-order valence-electron chi connectivity index (χ4n) is 1.60. The van der Waals surface area contributed by atoms with Crippen LogP contribution in [-0.2, 0) is 4.74 Å². The summed E-state index contributed by atoms with van der Waals surface area (Å²) >= 11 is 5.88. The lowest BCUT2D eigenvalue weighted by atomic mass is 10.2. The van der Waals surface area contributed by atoms with Gasteiger partial charge in [0.1, 0.15) is 12.2 Å². The molecule has 0 radical (unpaired) electrons. The van der Waals surface area contributed by atoms with E-state index in [1.807, 2.05) is 18.2 Å². The van der Waals surface area contributed by atoms with Crippen LogP contribution in [0, 0.1) is 0 Å². The number of hydrogen-bond acceptors (Lipinski definition) is 3. The average molecular weight is 222 g/mol. The Balaban J connectivity index is 2.13. The molecule has 0 aliphatic carbocycles. The molecule has 0 saturated heterocycles. The number of halogens is 1. The molecule has 0 bridgehead atoms. The second-order valence-electron chi connectivity index (χ2n) is 3.33. The summed E-state index contributed by atoms with van der Waals surface area (Å²) in [5, 5.41) is 1.67. The Hall–Kier alpha value is -1.48. The molecule has 1 aromatic heterocycles. The van der Waals surface area contributed by atoms with E-state index >= 15 is 0 Å². The van der Waals surface area contributed by atoms with Crippen molar-refractivity contribution >= 4 is 28.5 Å². The first kappa shape index (κ1) is 8.80. The van der Waals surface area contributed by atoms with Gasteiger partial charge in [0.25, 0.3) is 5.90 Å². The fourth-order valence-corrected chi connectivity index (χ4v) is 1.78. The number of ether oxygens (including phenoxy) is 1. The predicted molar refractivity (Wildman–Crippen MR) is 58.6 cm³/mol. The Morgan fingerprint density at radius 1 is 1.27 bits per heavy atom. The number of rotatable bonds is 1. The highest BCUT2D eigenvalue weighted by atomic mass is 35.5. The van der Waals surface area contributed by atoms with Crippen molar-refractivity contribution in [3.05, 3.63) is 35.0 Å². The topological polar surface area (TPSA) is 34.7 Å². The molecule has 0 amide bonds. The van der Waals surface area contributed by atoms with Crippen LogP contribution in [0.25, 0.3) is 11.0 Å². The summed E-state index contributed by atoms with van der Waals surface area (Å²) < 4.78 is 10.9. The molecule has 1 aliphatic rings. The number of aliphatic imine (C=N–C) groups is 1. The Labute approximate surface area is 91.3 Å². The molecule has 3 rings (SSSR count). The van der Waals surface area contributed by atoms with Gasteiger partial charge in [-0.2, -0.15) is 0 Å². The van der Waals surface area contributed by atoms with Crippen molar-refractivity contribution in [3.8, 4) is 0 Å². The van der Waals surface area contributed by atoms with Crippen LogP contribution in [-0.4, -0.2) is 19.0 Å². The first-order valence-corrected chi connectivity index (χ1v) is 5.07. The summed E-state index contributed by atoms with van der Waals surface area (Å²) in [5.41, 5.74) is 0.799. The van der Waals surface area contributed by atoms with Crippen LogP contribution in [0.4, 0.5) is 0 Å². The highest BCUT2D eigenvalue weighted by Gasteiger charge is 2.15. The maximum absolute atomic E-state index is 5.88. The molecule has 3 nitrogen and oxygen atoms in total. The molecule has 1 aliphatic heterocycles. The minimum Gasteiger partial charge on any atom is -0.473 e. The molecular weight excluding hydrogens is 214 g/mol. The van der Waals surface area contributed by atoms with E-state index in [9.17, 15) is 0 Å². The molecule has 0 atom stereocenters. The number of fused-ring (bicyclic) bond motifs is 1. The molecular formula is C11H8ClNO2. The van der Waals surface area contributed by atoms with E-state index in [-0.39, 0.29) is 0 Å². The third kappa shape index (κ3) is 1.49. The Morgan fingerprint density at radius 3 is 3.00 bits per heavy atom. The minimum atomic E-state index is 0.585. The van der Waals surface area contributed by atoms with Gasteiger partial charge in [-0.3, -0.25) is 0 Å². The smallest absolute Gasteiger partial charge is 0.253 e. The van der Waals surface area contributed by atoms with Crippen LogP contribution in [0.1, 0.15) is 5.76 Å². The van der Waals surface area contributed by atoms with Crippen molar-refractivity contribution < 1.29 is 9.15 Å². The zero-order valence-corrected chi connectivity index (χ0v) is 8.62. The summed E-state index contributed by atoms with van der Waals surface area (Å²) in [6.45, 7) is 1.33. The van der Waals surface area contributed by atoms with Crippen molar-refractivity contribution in [1.29, 1.82) is 0 Å². The molecule has 0 saturated carbocycles. The van der Waals surface area contributed by atoms with Crippen molar-refractivity contribution in [3.63, 3.8) is 0 Å². The monoisotopic (exact) mass is 221 g/mol. The van der Waals surface area contributed by atoms with Gasteiger partial charge in [0.2, 0.25) is 0 Å². The summed E-state index contributed by atoms with van der Waals surface area (Å²) in [6.07, 6.45) is 0. The van der Waals surface area contributed by atoms with Crippen molar-refractivity contribution in [2.75, 3.05) is 13.2 Å². The SMILES string of the molecule is Clc1ccc2oc(C3=NCCO3)cc2c1. The third-order valence-corrected chi connectivity index (χ3v) is 2.51. The molecule has 0 fully saturated rings. The standard InChI is InChI=1S/C11H8ClNO2/c12-8-1-2-9-7(5-8)6-10(15-9)11-13-3-4-14-11/h1-2,5-6H,3-4H2. The maximum atomic E-state index is 5.88. The van der Waals surface area contributed by atoms with Crippen LogP contribution in [0.15, 0.2) is 33.7 Å². The van der Waals surface area contributed by atoms with Crippen LogP contribution < -0.4 is 0 Å². The van der Waals surface area contributed by atoms with Crippen LogP contribution >= 0.6 is 11.6 Å². The lowest BCUT2D eigenvalue weighted by Gasteiger charge is -1.94. The zero-order valence-electron chi connectivity index (χ0n) is 7.87. The maximum Gasteiger partial charge on any atom is 0.253 e. The molecule has 0 spiro atoms. The van der Waals surface area contributed by atoms with Gasteiger partial charge in [-0.25, -0.2) is 4.99 Å². The molecule has 0 N–H and O–H groups in total. The molecule has 15 heavy (non-hydrogen) atoms. The van der Waals surface area contributed by atoms with Gasteiger partial charge >= 0.3 is 0 Å². The lowest BCUT2D eigenvalue weighted by Crippen LogP contribution is -1.98. The molecule has 0 unspecified atom stereocenters. The predicted octanol–water partition coefficient (Wildman–Crippen LogP) is 2.86. The van der Waals surface area contributed by atoms with Crippen LogP contribution in [0.3, 0.4) is 0 Å². The number of furan rings is 1. The molecule has 1 aromatic carbocycles. The van der Waals surface area contributed by atoms with E-state index in [4.69, 9.17) is 20.8 Å². The number of benzene rings is 1. The van der Waals surface area contributed by atoms with Crippen molar-refractivity contribution in [2.24, 2.45) is 4.99 Å². The van der Waals surface area contributed by atoms with E-state index in [0.717, 1.165) is 11.0 Å². The van der Waals surface area contributed by atoms with Crippen LogP contribution in [0.5, 0.6) is 0 Å². The Kier molecular flexibility index (Phi) is 1.92. The summed E-state index contributed by atoms with van der Waals surface area (Å²) in [4.78, 5) is 4.19. The lowest BCUT2D eigenvalue weighted by molar-refractivity contribution is 0.340. The molecule has 2 aromatic rings. The van der Waals surface area contributed by atoms with Gasteiger partial charge < -0.3 is 9.15 Å². The summed E-state index contributed by atoms with van der Waals surface area (Å²) in [5.74, 6) is 1.26. The first-order valence-electron chi connectivity index (χ1n) is 4.70. The summed E-state index contributed by atoms with van der Waals surface area (Å²) in [7, 11) is 0. The Morgan fingerprint density at radius 2 is 2.20 bits per heavy atom. The largest absolute Gasteiger partial charge is 0.473 e. The van der Waals surface area contributed by atoms with Crippen LogP contribution in [0.2, 0.25) is 5.02 Å². The summed E-state index contributed by atoms with van der Waals surface area (Å²) in [6, 6.07) is 7.40. The fraction of sp³-hybridized carbons (Fsp3) is 0.182. The molecule has 76 valence electrons. The van der Waals surface area contributed by atoms with Crippen molar-refractivity contribution in [2.45, 2.75) is 0 Å². The van der Waals surface area contributed by atoms with E-state index in [1.54, 1.807) is 6.07 Å². The number of hydrogen-bond donors (Lipinski definition) is 0. The molecule has 2 heterocycles. The van der Waals surface area contributed by atoms with E-state index in [1.165, 1.54) is 0 Å². The van der Waals surface area contributed by atoms with Gasteiger partial charge in [-0.05, 0) is 24.3 Å². The van der Waals surface area contributed by atoms with Gasteiger partial charge in [0.15, 0.2) is 5.76 Å². The number of nitrogens with zero attached hydrogens (tertiary/aromatic N) is 1.